The predicted octanol–water partition coefficient (Wildman–Crippen LogP) is 1.97. The minimum Gasteiger partial charge on any atom is -0.494 e. The maximum Gasteiger partial charge on any atom is 0.165 e. The highest BCUT2D eigenvalue weighted by atomic mass is 19.1. The first kappa shape index (κ1) is 9.16. The average Bonchev–Trinajstić information content (AvgIpc) is 2.13. The summed E-state index contributed by atoms with van der Waals surface area (Å²) in [6.07, 6.45) is 3.11. The second kappa shape index (κ2) is 2.53. The molecule has 0 aliphatic heterocycles. The summed E-state index contributed by atoms with van der Waals surface area (Å²) in [5.41, 5.74) is 7.50. The molecule has 3 aliphatic carbocycles. The van der Waals surface area contributed by atoms with E-state index >= 15 is 0 Å². The molecule has 15 heavy (non-hydrogen) atoms. The third-order valence-electron chi connectivity index (χ3n) is 3.83. The number of hydrogen-bond donors (Lipinski definition) is 1. The molecule has 3 aliphatic rings. The third-order valence-corrected chi connectivity index (χ3v) is 3.83. The summed E-state index contributed by atoms with van der Waals surface area (Å²) in [6, 6.07) is 5.16. The van der Waals surface area contributed by atoms with Crippen LogP contribution in [0.15, 0.2) is 18.2 Å². The van der Waals surface area contributed by atoms with Gasteiger partial charge in [-0.1, -0.05) is 6.07 Å². The highest BCUT2D eigenvalue weighted by Gasteiger charge is 2.66. The molecule has 4 rings (SSSR count). The molecule has 80 valence electrons. The Kier molecular flexibility index (Phi) is 1.54. The summed E-state index contributed by atoms with van der Waals surface area (Å²) in [4.78, 5) is 0. The van der Waals surface area contributed by atoms with Gasteiger partial charge in [0.25, 0.3) is 0 Å². The van der Waals surface area contributed by atoms with Gasteiger partial charge in [-0.25, -0.2) is 4.39 Å². The Hall–Kier alpha value is -1.09. The normalized spacial score (nSPS) is 36.7. The van der Waals surface area contributed by atoms with Crippen molar-refractivity contribution in [3.05, 3.63) is 29.6 Å². The van der Waals surface area contributed by atoms with Crippen molar-refractivity contribution < 1.29 is 9.13 Å². The Bertz CT molecular complexity index is 410. The second-order valence-corrected chi connectivity index (χ2v) is 5.02. The lowest BCUT2D eigenvalue weighted by molar-refractivity contribution is -0.0591. The maximum absolute atomic E-state index is 13.2. The van der Waals surface area contributed by atoms with E-state index in [1.54, 1.807) is 0 Å². The van der Waals surface area contributed by atoms with E-state index in [2.05, 4.69) is 0 Å². The zero-order valence-electron chi connectivity index (χ0n) is 8.72. The van der Waals surface area contributed by atoms with Crippen molar-refractivity contribution in [1.29, 1.82) is 0 Å². The Morgan fingerprint density at radius 3 is 2.53 bits per heavy atom. The summed E-state index contributed by atoms with van der Waals surface area (Å²) < 4.78 is 18.2. The molecule has 3 saturated carbocycles. The molecule has 0 heterocycles. The van der Waals surface area contributed by atoms with Crippen molar-refractivity contribution in [2.24, 2.45) is 5.73 Å². The number of nitrogens with two attached hydrogens (primary N) is 1. The van der Waals surface area contributed by atoms with Gasteiger partial charge in [0, 0.05) is 11.0 Å². The van der Waals surface area contributed by atoms with Gasteiger partial charge in [0.05, 0.1) is 7.11 Å². The molecular weight excluding hydrogens is 193 g/mol. The van der Waals surface area contributed by atoms with Crippen LogP contribution in [0.2, 0.25) is 0 Å². The highest BCUT2D eigenvalue weighted by molar-refractivity contribution is 5.44. The number of ether oxygens (including phenoxy) is 1. The van der Waals surface area contributed by atoms with Gasteiger partial charge in [-0.15, -0.1) is 0 Å². The van der Waals surface area contributed by atoms with E-state index in [-0.39, 0.29) is 16.8 Å². The predicted molar refractivity (Wildman–Crippen MR) is 55.4 cm³/mol. The van der Waals surface area contributed by atoms with E-state index in [0.29, 0.717) is 5.75 Å². The van der Waals surface area contributed by atoms with Crippen molar-refractivity contribution in [3.8, 4) is 5.75 Å². The molecule has 2 N–H and O–H groups in total. The van der Waals surface area contributed by atoms with Crippen LogP contribution in [0.3, 0.4) is 0 Å². The number of rotatable bonds is 2. The summed E-state index contributed by atoms with van der Waals surface area (Å²) in [7, 11) is 1.49. The molecule has 0 amide bonds. The zero-order chi connectivity index (χ0) is 10.7. The van der Waals surface area contributed by atoms with Crippen molar-refractivity contribution in [2.75, 3.05) is 7.11 Å². The van der Waals surface area contributed by atoms with Gasteiger partial charge < -0.3 is 10.5 Å². The molecule has 0 spiro atoms. The molecule has 0 aromatic heterocycles. The van der Waals surface area contributed by atoms with Gasteiger partial charge in [0.15, 0.2) is 11.6 Å². The average molecular weight is 207 g/mol. The van der Waals surface area contributed by atoms with Crippen LogP contribution in [0, 0.1) is 5.82 Å². The summed E-state index contributed by atoms with van der Waals surface area (Å²) in [6.45, 7) is 0. The van der Waals surface area contributed by atoms with Gasteiger partial charge in [-0.3, -0.25) is 0 Å². The highest BCUT2D eigenvalue weighted by Crippen LogP contribution is 2.66. The van der Waals surface area contributed by atoms with E-state index < -0.39 is 0 Å². The standard InChI is InChI=1S/C12H14FNO/c1-15-10-4-8(2-3-9(10)13)11-5-12(14,6-11)7-11/h2-4H,5-7,14H2,1H3. The van der Waals surface area contributed by atoms with Gasteiger partial charge >= 0.3 is 0 Å². The first-order valence-corrected chi connectivity index (χ1v) is 5.20. The van der Waals surface area contributed by atoms with Crippen LogP contribution in [-0.2, 0) is 5.41 Å². The van der Waals surface area contributed by atoms with Crippen molar-refractivity contribution in [3.63, 3.8) is 0 Å². The fourth-order valence-corrected chi connectivity index (χ4v) is 3.16. The molecule has 0 saturated heterocycles. The molecule has 0 unspecified atom stereocenters. The molecular formula is C12H14FNO. The van der Waals surface area contributed by atoms with Gasteiger partial charge in [0.2, 0.25) is 0 Å². The maximum atomic E-state index is 13.2. The van der Waals surface area contributed by atoms with Gasteiger partial charge in [-0.05, 0) is 37.0 Å². The minimum absolute atomic E-state index is 0.0849. The van der Waals surface area contributed by atoms with E-state index in [4.69, 9.17) is 10.5 Å². The molecule has 3 fully saturated rings. The topological polar surface area (TPSA) is 35.2 Å². The van der Waals surface area contributed by atoms with E-state index in [9.17, 15) is 4.39 Å². The first-order valence-electron chi connectivity index (χ1n) is 5.20. The molecule has 2 nitrogen and oxygen atoms in total. The molecule has 0 atom stereocenters. The number of methoxy groups -OCH3 is 1. The lowest BCUT2D eigenvalue weighted by atomic mass is 9.38. The van der Waals surface area contributed by atoms with Crippen molar-refractivity contribution >= 4 is 0 Å². The van der Waals surface area contributed by atoms with Crippen LogP contribution in [-0.4, -0.2) is 12.6 Å². The Morgan fingerprint density at radius 1 is 1.33 bits per heavy atom. The largest absolute Gasteiger partial charge is 0.494 e. The molecule has 1 aromatic rings. The van der Waals surface area contributed by atoms with E-state index in [0.717, 1.165) is 19.3 Å². The monoisotopic (exact) mass is 207 g/mol. The van der Waals surface area contributed by atoms with Crippen LogP contribution < -0.4 is 10.5 Å². The van der Waals surface area contributed by atoms with Crippen LogP contribution in [0.5, 0.6) is 5.75 Å². The fraction of sp³-hybridized carbons (Fsp3) is 0.500. The third kappa shape index (κ3) is 1.07. The molecule has 0 radical (unpaired) electrons. The van der Waals surface area contributed by atoms with Gasteiger partial charge in [0.1, 0.15) is 0 Å². The summed E-state index contributed by atoms with van der Waals surface area (Å²) in [5, 5.41) is 0. The van der Waals surface area contributed by atoms with Crippen molar-refractivity contribution in [2.45, 2.75) is 30.2 Å². The second-order valence-electron chi connectivity index (χ2n) is 5.02. The van der Waals surface area contributed by atoms with Crippen LogP contribution in [0.4, 0.5) is 4.39 Å². The van der Waals surface area contributed by atoms with Gasteiger partial charge in [-0.2, -0.15) is 0 Å². The number of benzene rings is 1. The SMILES string of the molecule is COc1cc(C23CC(N)(C2)C3)ccc1F. The van der Waals surface area contributed by atoms with Crippen LogP contribution >= 0.6 is 0 Å². The van der Waals surface area contributed by atoms with E-state index in [1.165, 1.54) is 18.7 Å². The molecule has 1 aromatic carbocycles. The lowest BCUT2D eigenvalue weighted by Gasteiger charge is -2.69. The lowest BCUT2D eigenvalue weighted by Crippen LogP contribution is -2.74. The minimum atomic E-state index is -0.296. The smallest absolute Gasteiger partial charge is 0.165 e. The zero-order valence-corrected chi connectivity index (χ0v) is 8.72. The Morgan fingerprint density at radius 2 is 2.00 bits per heavy atom. The van der Waals surface area contributed by atoms with Crippen molar-refractivity contribution in [1.82, 2.24) is 0 Å². The summed E-state index contributed by atoms with van der Waals surface area (Å²) in [5.74, 6) is 0.0404. The Balaban J connectivity index is 1.94. The number of halogens is 1. The van der Waals surface area contributed by atoms with Crippen LogP contribution in [0.25, 0.3) is 0 Å². The fourth-order valence-electron chi connectivity index (χ4n) is 3.16. The van der Waals surface area contributed by atoms with Crippen LogP contribution in [0.1, 0.15) is 24.8 Å². The molecule has 2 bridgehead atoms. The molecule has 3 heteroatoms. The number of hydrogen-bond acceptors (Lipinski definition) is 2. The quantitative estimate of drug-likeness (QED) is 0.804. The van der Waals surface area contributed by atoms with E-state index in [1.807, 2.05) is 12.1 Å². The first-order chi connectivity index (χ1) is 7.07. The summed E-state index contributed by atoms with van der Waals surface area (Å²) >= 11 is 0. The Labute approximate surface area is 88.2 Å².